The van der Waals surface area contributed by atoms with Crippen molar-refractivity contribution in [3.63, 3.8) is 0 Å². The smallest absolute Gasteiger partial charge is 0.160 e. The standard InChI is InChI=1S/C36H42N2O4S/c1-4-6-20-41-21-22-42-35-15-12-30(13-16-35)32-10-7-28(3)31(24-32)11-14-34(39)23-29-8-17-36(18-9-29)43(40)26-33-25-37-27-38(33)19-5-2/h7-18,24-25,27H,4-6,19-23,26H2,1-3H3/b14-11+/t43-/m1/s1. The van der Waals surface area contributed by atoms with Gasteiger partial charge < -0.3 is 14.0 Å². The molecule has 1 atom stereocenters. The Morgan fingerprint density at radius 1 is 0.930 bits per heavy atom. The van der Waals surface area contributed by atoms with E-state index in [1.54, 1.807) is 18.6 Å². The molecule has 1 heterocycles. The predicted octanol–water partition coefficient (Wildman–Crippen LogP) is 7.60. The highest BCUT2D eigenvalue weighted by Gasteiger charge is 2.10. The third kappa shape index (κ3) is 9.87. The van der Waals surface area contributed by atoms with Gasteiger partial charge in [-0.3, -0.25) is 9.00 Å². The fourth-order valence-corrected chi connectivity index (χ4v) is 5.76. The van der Waals surface area contributed by atoms with Crippen molar-refractivity contribution in [2.75, 3.05) is 19.8 Å². The Morgan fingerprint density at radius 3 is 2.44 bits per heavy atom. The average Bonchev–Trinajstić information content (AvgIpc) is 3.45. The van der Waals surface area contributed by atoms with Crippen LogP contribution in [0.4, 0.5) is 0 Å². The fraction of sp³-hybridized carbons (Fsp3) is 0.333. The number of ether oxygens (including phenoxy) is 2. The molecular weight excluding hydrogens is 556 g/mol. The molecule has 0 bridgehead atoms. The molecule has 0 radical (unpaired) electrons. The van der Waals surface area contributed by atoms with Crippen molar-refractivity contribution in [3.05, 3.63) is 108 Å². The zero-order valence-corrected chi connectivity index (χ0v) is 26.3. The van der Waals surface area contributed by atoms with Gasteiger partial charge in [0.25, 0.3) is 0 Å². The molecule has 0 saturated heterocycles. The summed E-state index contributed by atoms with van der Waals surface area (Å²) in [6.07, 6.45) is 10.6. The number of aryl methyl sites for hydroxylation is 2. The van der Waals surface area contributed by atoms with Crippen LogP contribution in [0.15, 0.2) is 90.2 Å². The summed E-state index contributed by atoms with van der Waals surface area (Å²) in [5.74, 6) is 1.26. The van der Waals surface area contributed by atoms with Crippen LogP contribution in [0.3, 0.4) is 0 Å². The van der Waals surface area contributed by atoms with E-state index in [2.05, 4.69) is 37.0 Å². The lowest BCUT2D eigenvalue weighted by Gasteiger charge is -2.09. The largest absolute Gasteiger partial charge is 0.491 e. The molecule has 0 amide bonds. The molecule has 43 heavy (non-hydrogen) atoms. The fourth-order valence-electron chi connectivity index (χ4n) is 4.64. The molecule has 4 aromatic rings. The first-order valence-electron chi connectivity index (χ1n) is 15.1. The van der Waals surface area contributed by atoms with Crippen LogP contribution in [0, 0.1) is 6.92 Å². The quantitative estimate of drug-likeness (QED) is 0.0925. The Kier molecular flexibility index (Phi) is 12.5. The number of ketones is 1. The van der Waals surface area contributed by atoms with Crippen LogP contribution in [0.5, 0.6) is 5.75 Å². The molecule has 3 aromatic carbocycles. The minimum Gasteiger partial charge on any atom is -0.491 e. The first-order valence-corrected chi connectivity index (χ1v) is 16.4. The Labute approximate surface area is 258 Å². The molecule has 6 nitrogen and oxygen atoms in total. The van der Waals surface area contributed by atoms with Crippen molar-refractivity contribution in [2.24, 2.45) is 0 Å². The molecule has 0 aliphatic carbocycles. The summed E-state index contributed by atoms with van der Waals surface area (Å²) in [6, 6.07) is 21.8. The first-order chi connectivity index (χ1) is 21.0. The van der Waals surface area contributed by atoms with Gasteiger partial charge in [-0.1, -0.05) is 62.7 Å². The van der Waals surface area contributed by atoms with Crippen LogP contribution in [-0.2, 0) is 39.0 Å². The lowest BCUT2D eigenvalue weighted by molar-refractivity contribution is -0.113. The number of carbonyl (C=O) groups excluding carboxylic acids is 1. The maximum absolute atomic E-state index is 12.9. The Morgan fingerprint density at radius 2 is 1.70 bits per heavy atom. The zero-order chi connectivity index (χ0) is 30.4. The second-order valence-corrected chi connectivity index (χ2v) is 12.0. The lowest BCUT2D eigenvalue weighted by atomic mass is 9.99. The number of hydrogen-bond donors (Lipinski definition) is 0. The highest BCUT2D eigenvalue weighted by atomic mass is 32.2. The van der Waals surface area contributed by atoms with Crippen LogP contribution in [0.2, 0.25) is 0 Å². The van der Waals surface area contributed by atoms with Crippen molar-refractivity contribution in [3.8, 4) is 16.9 Å². The molecule has 0 N–H and O–H groups in total. The first kappa shape index (κ1) is 32.1. The number of benzene rings is 3. The van der Waals surface area contributed by atoms with Gasteiger partial charge in [0.15, 0.2) is 5.78 Å². The molecule has 0 spiro atoms. The van der Waals surface area contributed by atoms with E-state index in [1.807, 2.05) is 66.1 Å². The molecule has 0 fully saturated rings. The maximum Gasteiger partial charge on any atom is 0.160 e. The Balaban J connectivity index is 1.31. The minimum atomic E-state index is -1.17. The van der Waals surface area contributed by atoms with Crippen molar-refractivity contribution in [1.29, 1.82) is 0 Å². The van der Waals surface area contributed by atoms with Crippen molar-refractivity contribution >= 4 is 22.7 Å². The molecule has 0 unspecified atom stereocenters. The summed E-state index contributed by atoms with van der Waals surface area (Å²) >= 11 is 0. The van der Waals surface area contributed by atoms with Gasteiger partial charge in [0.05, 0.1) is 35.2 Å². The predicted molar refractivity (Wildman–Crippen MR) is 175 cm³/mol. The van der Waals surface area contributed by atoms with Gasteiger partial charge in [-0.15, -0.1) is 0 Å². The number of hydrogen-bond acceptors (Lipinski definition) is 5. The monoisotopic (exact) mass is 598 g/mol. The summed E-state index contributed by atoms with van der Waals surface area (Å²) in [4.78, 5) is 17.7. The number of unbranched alkanes of at least 4 members (excludes halogenated alkanes) is 1. The molecule has 0 saturated carbocycles. The summed E-state index contributed by atoms with van der Waals surface area (Å²) in [7, 11) is -1.17. The maximum atomic E-state index is 12.9. The van der Waals surface area contributed by atoms with Crippen molar-refractivity contribution in [2.45, 2.75) is 63.6 Å². The molecule has 7 heteroatoms. The van der Waals surface area contributed by atoms with Crippen molar-refractivity contribution < 1.29 is 18.5 Å². The third-order valence-electron chi connectivity index (χ3n) is 7.16. The van der Waals surface area contributed by atoms with E-state index in [9.17, 15) is 9.00 Å². The van der Waals surface area contributed by atoms with E-state index in [-0.39, 0.29) is 12.2 Å². The van der Waals surface area contributed by atoms with Crippen LogP contribution < -0.4 is 4.74 Å². The van der Waals surface area contributed by atoms with E-state index >= 15 is 0 Å². The third-order valence-corrected chi connectivity index (χ3v) is 8.52. The zero-order valence-electron chi connectivity index (χ0n) is 25.5. The highest BCUT2D eigenvalue weighted by Crippen LogP contribution is 2.25. The molecule has 4 rings (SSSR count). The van der Waals surface area contributed by atoms with Gasteiger partial charge in [0.1, 0.15) is 12.4 Å². The second-order valence-electron chi connectivity index (χ2n) is 10.6. The average molecular weight is 599 g/mol. The van der Waals surface area contributed by atoms with Crippen LogP contribution >= 0.6 is 0 Å². The number of aromatic nitrogens is 2. The van der Waals surface area contributed by atoms with Crippen LogP contribution in [0.1, 0.15) is 55.5 Å². The second kappa shape index (κ2) is 16.7. The van der Waals surface area contributed by atoms with E-state index in [0.717, 1.165) is 76.6 Å². The van der Waals surface area contributed by atoms with Gasteiger partial charge in [-0.2, -0.15) is 0 Å². The van der Waals surface area contributed by atoms with E-state index in [0.29, 0.717) is 19.0 Å². The minimum absolute atomic E-state index is 0.0160. The van der Waals surface area contributed by atoms with E-state index in [4.69, 9.17) is 9.47 Å². The number of carbonyl (C=O) groups is 1. The summed E-state index contributed by atoms with van der Waals surface area (Å²) in [5.41, 5.74) is 6.13. The number of allylic oxidation sites excluding steroid dienone is 1. The number of nitrogens with zero attached hydrogens (tertiary/aromatic N) is 2. The summed E-state index contributed by atoms with van der Waals surface area (Å²) < 4.78 is 26.3. The molecular formula is C36H42N2O4S. The topological polar surface area (TPSA) is 70.4 Å². The number of rotatable bonds is 17. The SMILES string of the molecule is CCCCOCCOc1ccc(-c2ccc(C)c(/C=C/C(=O)Cc3ccc([S@](=O)Cc4cncn4CCC)cc3)c2)cc1. The normalized spacial score (nSPS) is 12.1. The van der Waals surface area contributed by atoms with Crippen molar-refractivity contribution in [1.82, 2.24) is 9.55 Å². The van der Waals surface area contributed by atoms with Crippen LogP contribution in [-0.4, -0.2) is 39.4 Å². The Bertz CT molecular complexity index is 1510. The van der Waals surface area contributed by atoms with Gasteiger partial charge in [-0.05, 0) is 84.0 Å². The van der Waals surface area contributed by atoms with Gasteiger partial charge >= 0.3 is 0 Å². The summed E-state index contributed by atoms with van der Waals surface area (Å²) in [5, 5.41) is 0. The molecule has 226 valence electrons. The van der Waals surface area contributed by atoms with E-state index < -0.39 is 10.8 Å². The molecule has 0 aliphatic heterocycles. The lowest BCUT2D eigenvalue weighted by Crippen LogP contribution is -2.07. The van der Waals surface area contributed by atoms with E-state index in [1.165, 1.54) is 0 Å². The number of imidazole rings is 1. The summed E-state index contributed by atoms with van der Waals surface area (Å²) in [6.45, 7) is 9.07. The molecule has 1 aromatic heterocycles. The van der Waals surface area contributed by atoms with Gasteiger partial charge in [-0.25, -0.2) is 4.98 Å². The highest BCUT2D eigenvalue weighted by molar-refractivity contribution is 7.84. The van der Waals surface area contributed by atoms with Crippen LogP contribution in [0.25, 0.3) is 17.2 Å². The van der Waals surface area contributed by atoms with Gasteiger partial charge in [0, 0.05) is 30.7 Å². The molecule has 0 aliphatic rings. The van der Waals surface area contributed by atoms with Gasteiger partial charge in [0.2, 0.25) is 0 Å². The Hall–Kier alpha value is -3.81.